The Bertz CT molecular complexity index is 733. The fourth-order valence-corrected chi connectivity index (χ4v) is 3.26. The number of thioether (sulfide) groups is 1. The predicted octanol–water partition coefficient (Wildman–Crippen LogP) is 4.76. The Kier molecular flexibility index (Phi) is 5.58. The number of benzene rings is 2. The molecule has 0 fully saturated rings. The van der Waals surface area contributed by atoms with Crippen LogP contribution in [0.3, 0.4) is 0 Å². The molecule has 0 aliphatic rings. The highest BCUT2D eigenvalue weighted by Crippen LogP contribution is 2.22. The van der Waals surface area contributed by atoms with Crippen molar-refractivity contribution in [3.05, 3.63) is 70.0 Å². The maximum atomic E-state index is 5.78. The summed E-state index contributed by atoms with van der Waals surface area (Å²) in [6, 6.07) is 16.3. The average molecular weight is 404 g/mol. The van der Waals surface area contributed by atoms with Gasteiger partial charge in [-0.15, -0.1) is 10.2 Å². The molecule has 0 bridgehead atoms. The van der Waals surface area contributed by atoms with E-state index in [2.05, 4.69) is 45.2 Å². The summed E-state index contributed by atoms with van der Waals surface area (Å²) in [4.78, 5) is 0. The van der Waals surface area contributed by atoms with Gasteiger partial charge in [-0.2, -0.15) is 0 Å². The number of nitrogens with zero attached hydrogens (tertiary/aromatic N) is 3. The molecule has 0 aliphatic carbocycles. The molecular weight excluding hydrogens is 386 g/mol. The third kappa shape index (κ3) is 4.39. The number of hydrogen-bond acceptors (Lipinski definition) is 4. The van der Waals surface area contributed by atoms with Crippen LogP contribution in [-0.2, 0) is 19.4 Å². The van der Waals surface area contributed by atoms with Gasteiger partial charge in [0.25, 0.3) is 0 Å². The van der Waals surface area contributed by atoms with E-state index in [4.69, 9.17) is 4.74 Å². The molecule has 124 valence electrons. The third-order valence-electron chi connectivity index (χ3n) is 3.60. The molecule has 3 rings (SSSR count). The van der Waals surface area contributed by atoms with Crippen molar-refractivity contribution in [3.63, 3.8) is 0 Å². The van der Waals surface area contributed by atoms with Crippen LogP contribution in [0, 0.1) is 6.92 Å². The highest BCUT2D eigenvalue weighted by molar-refractivity contribution is 9.10. The second-order valence-corrected chi connectivity index (χ2v) is 7.33. The molecule has 0 saturated heterocycles. The smallest absolute Gasteiger partial charge is 0.191 e. The van der Waals surface area contributed by atoms with Gasteiger partial charge in [-0.05, 0) is 36.8 Å². The maximum Gasteiger partial charge on any atom is 0.191 e. The predicted molar refractivity (Wildman–Crippen MR) is 100 cm³/mol. The SMILES string of the molecule is Cc1ccc(OCc2nnc(SCc3ccc(Br)cc3)n2C)cc1. The fourth-order valence-electron chi connectivity index (χ4n) is 2.11. The minimum absolute atomic E-state index is 0.408. The van der Waals surface area contributed by atoms with Crippen molar-refractivity contribution < 1.29 is 4.74 Å². The quantitative estimate of drug-likeness (QED) is 0.556. The summed E-state index contributed by atoms with van der Waals surface area (Å²) in [5.41, 5.74) is 2.47. The van der Waals surface area contributed by atoms with Gasteiger partial charge in [0, 0.05) is 17.3 Å². The number of rotatable bonds is 6. The third-order valence-corrected chi connectivity index (χ3v) is 5.22. The lowest BCUT2D eigenvalue weighted by atomic mass is 10.2. The first-order chi connectivity index (χ1) is 11.6. The average Bonchev–Trinajstić information content (AvgIpc) is 2.94. The summed E-state index contributed by atoms with van der Waals surface area (Å²) >= 11 is 5.12. The summed E-state index contributed by atoms with van der Waals surface area (Å²) in [6.07, 6.45) is 0. The summed E-state index contributed by atoms with van der Waals surface area (Å²) < 4.78 is 8.85. The molecule has 1 heterocycles. The maximum absolute atomic E-state index is 5.78. The van der Waals surface area contributed by atoms with E-state index in [1.165, 1.54) is 11.1 Å². The van der Waals surface area contributed by atoms with E-state index in [1.54, 1.807) is 11.8 Å². The largest absolute Gasteiger partial charge is 0.486 e. The number of aryl methyl sites for hydroxylation is 1. The van der Waals surface area contributed by atoms with Crippen LogP contribution in [0.2, 0.25) is 0 Å². The van der Waals surface area contributed by atoms with Gasteiger partial charge in [0.15, 0.2) is 11.0 Å². The molecular formula is C18H18BrN3OS. The van der Waals surface area contributed by atoms with Gasteiger partial charge in [-0.25, -0.2) is 0 Å². The summed E-state index contributed by atoms with van der Waals surface area (Å²) in [5.74, 6) is 2.51. The molecule has 0 aliphatic heterocycles. The molecule has 1 aromatic heterocycles. The number of ether oxygens (including phenoxy) is 1. The highest BCUT2D eigenvalue weighted by Gasteiger charge is 2.10. The molecule has 0 spiro atoms. The Balaban J connectivity index is 1.58. The van der Waals surface area contributed by atoms with E-state index in [9.17, 15) is 0 Å². The van der Waals surface area contributed by atoms with Gasteiger partial charge in [0.2, 0.25) is 0 Å². The zero-order valence-corrected chi connectivity index (χ0v) is 16.0. The Morgan fingerprint density at radius 2 is 1.75 bits per heavy atom. The molecule has 6 heteroatoms. The first-order valence-electron chi connectivity index (χ1n) is 7.57. The van der Waals surface area contributed by atoms with E-state index < -0.39 is 0 Å². The van der Waals surface area contributed by atoms with Gasteiger partial charge < -0.3 is 9.30 Å². The summed E-state index contributed by atoms with van der Waals surface area (Å²) in [6.45, 7) is 2.47. The Morgan fingerprint density at radius 3 is 2.46 bits per heavy atom. The Labute approximate surface area is 154 Å². The van der Waals surface area contributed by atoms with Crippen molar-refractivity contribution in [2.45, 2.75) is 24.4 Å². The van der Waals surface area contributed by atoms with Crippen LogP contribution in [0.25, 0.3) is 0 Å². The van der Waals surface area contributed by atoms with Crippen molar-refractivity contribution in [3.8, 4) is 5.75 Å². The summed E-state index contributed by atoms with van der Waals surface area (Å²) in [5, 5.41) is 9.39. The van der Waals surface area contributed by atoms with Crippen LogP contribution in [-0.4, -0.2) is 14.8 Å². The van der Waals surface area contributed by atoms with Crippen molar-refractivity contribution in [1.29, 1.82) is 0 Å². The number of aromatic nitrogens is 3. The molecule has 0 N–H and O–H groups in total. The van der Waals surface area contributed by atoms with E-state index in [1.807, 2.05) is 48.0 Å². The topological polar surface area (TPSA) is 39.9 Å². The molecule has 0 radical (unpaired) electrons. The van der Waals surface area contributed by atoms with Crippen LogP contribution in [0.5, 0.6) is 5.75 Å². The highest BCUT2D eigenvalue weighted by atomic mass is 79.9. The first kappa shape index (κ1) is 17.0. The van der Waals surface area contributed by atoms with Crippen molar-refractivity contribution in [2.24, 2.45) is 7.05 Å². The fraction of sp³-hybridized carbons (Fsp3) is 0.222. The molecule has 24 heavy (non-hydrogen) atoms. The van der Waals surface area contributed by atoms with E-state index in [-0.39, 0.29) is 0 Å². The lowest BCUT2D eigenvalue weighted by molar-refractivity contribution is 0.290. The molecule has 0 atom stereocenters. The standard InChI is InChI=1S/C18H18BrN3OS/c1-13-3-9-16(10-4-13)23-11-17-20-21-18(22(17)2)24-12-14-5-7-15(19)8-6-14/h3-10H,11-12H2,1-2H3. The zero-order valence-electron chi connectivity index (χ0n) is 13.6. The van der Waals surface area contributed by atoms with Crippen LogP contribution in [0.1, 0.15) is 17.0 Å². The van der Waals surface area contributed by atoms with Crippen LogP contribution >= 0.6 is 27.7 Å². The number of hydrogen-bond donors (Lipinski definition) is 0. The van der Waals surface area contributed by atoms with E-state index in [0.29, 0.717) is 6.61 Å². The second kappa shape index (κ2) is 7.85. The first-order valence-corrected chi connectivity index (χ1v) is 9.34. The lowest BCUT2D eigenvalue weighted by Gasteiger charge is -2.07. The lowest BCUT2D eigenvalue weighted by Crippen LogP contribution is -2.04. The van der Waals surface area contributed by atoms with Crippen LogP contribution in [0.15, 0.2) is 58.2 Å². The van der Waals surface area contributed by atoms with Crippen molar-refractivity contribution in [2.75, 3.05) is 0 Å². The molecule has 0 unspecified atom stereocenters. The minimum Gasteiger partial charge on any atom is -0.486 e. The zero-order chi connectivity index (χ0) is 16.9. The molecule has 2 aromatic carbocycles. The number of halogens is 1. The van der Waals surface area contributed by atoms with Gasteiger partial charge in [-0.1, -0.05) is 57.5 Å². The van der Waals surface area contributed by atoms with Crippen molar-refractivity contribution in [1.82, 2.24) is 14.8 Å². The van der Waals surface area contributed by atoms with E-state index in [0.717, 1.165) is 27.0 Å². The van der Waals surface area contributed by atoms with Crippen LogP contribution < -0.4 is 4.74 Å². The second-order valence-electron chi connectivity index (χ2n) is 5.47. The van der Waals surface area contributed by atoms with Gasteiger partial charge in [0.05, 0.1) is 0 Å². The van der Waals surface area contributed by atoms with Gasteiger partial charge in [-0.3, -0.25) is 0 Å². The molecule has 0 saturated carbocycles. The Morgan fingerprint density at radius 1 is 1.04 bits per heavy atom. The normalized spacial score (nSPS) is 10.8. The monoisotopic (exact) mass is 403 g/mol. The van der Waals surface area contributed by atoms with Crippen molar-refractivity contribution >= 4 is 27.7 Å². The molecule has 0 amide bonds. The van der Waals surface area contributed by atoms with Gasteiger partial charge in [0.1, 0.15) is 12.4 Å². The minimum atomic E-state index is 0.408. The molecule has 3 aromatic rings. The van der Waals surface area contributed by atoms with Gasteiger partial charge >= 0.3 is 0 Å². The van der Waals surface area contributed by atoms with E-state index >= 15 is 0 Å². The Hall–Kier alpha value is -1.79. The van der Waals surface area contributed by atoms with Crippen LogP contribution in [0.4, 0.5) is 0 Å². The summed E-state index contributed by atoms with van der Waals surface area (Å²) in [7, 11) is 1.97. The molecule has 4 nitrogen and oxygen atoms in total.